The molecule has 4 rings (SSSR count). The van der Waals surface area contributed by atoms with Crippen molar-refractivity contribution < 1.29 is 14.3 Å². The third kappa shape index (κ3) is 5.54. The first-order valence-corrected chi connectivity index (χ1v) is 12.6. The first-order chi connectivity index (χ1) is 15.9. The van der Waals surface area contributed by atoms with Gasteiger partial charge in [-0.05, 0) is 83.1 Å². The molecule has 0 N–H and O–H groups in total. The lowest BCUT2D eigenvalue weighted by atomic mass is 10.1. The number of hydrogen-bond acceptors (Lipinski definition) is 5. The van der Waals surface area contributed by atoms with Gasteiger partial charge in [0.15, 0.2) is 15.8 Å². The Morgan fingerprint density at radius 1 is 1.12 bits per heavy atom. The lowest BCUT2D eigenvalue weighted by Gasteiger charge is -2.15. The van der Waals surface area contributed by atoms with Gasteiger partial charge in [-0.25, -0.2) is 0 Å². The number of nitrogens with zero attached hydrogens (tertiary/aromatic N) is 1. The van der Waals surface area contributed by atoms with Gasteiger partial charge in [0.05, 0.1) is 21.3 Å². The second-order valence-electron chi connectivity index (χ2n) is 7.30. The quantitative estimate of drug-likeness (QED) is 0.168. The van der Waals surface area contributed by atoms with Crippen molar-refractivity contribution in [2.75, 3.05) is 12.0 Å². The van der Waals surface area contributed by atoms with Gasteiger partial charge in [0.25, 0.3) is 5.91 Å². The maximum absolute atomic E-state index is 13.1. The number of amides is 1. The molecule has 0 radical (unpaired) electrons. The zero-order valence-corrected chi connectivity index (χ0v) is 22.3. The monoisotopic (exact) mass is 607 g/mol. The van der Waals surface area contributed by atoms with Crippen LogP contribution in [0.2, 0.25) is 5.02 Å². The summed E-state index contributed by atoms with van der Waals surface area (Å²) in [6.45, 7) is 2.39. The molecule has 8 heteroatoms. The van der Waals surface area contributed by atoms with Gasteiger partial charge in [0.1, 0.15) is 6.61 Å². The van der Waals surface area contributed by atoms with Crippen molar-refractivity contribution in [2.24, 2.45) is 0 Å². The van der Waals surface area contributed by atoms with E-state index >= 15 is 0 Å². The van der Waals surface area contributed by atoms with E-state index in [1.165, 1.54) is 11.8 Å². The fraction of sp³-hybridized carbons (Fsp3) is 0.120. The van der Waals surface area contributed by atoms with Gasteiger partial charge in [-0.15, -0.1) is 0 Å². The third-order valence-corrected chi connectivity index (χ3v) is 7.29. The highest BCUT2D eigenvalue weighted by atomic mass is 127. The summed E-state index contributed by atoms with van der Waals surface area (Å²) in [6, 6.07) is 19.1. The molecule has 0 atom stereocenters. The highest BCUT2D eigenvalue weighted by molar-refractivity contribution is 14.1. The lowest BCUT2D eigenvalue weighted by molar-refractivity contribution is -0.113. The maximum Gasteiger partial charge on any atom is 0.270 e. The van der Waals surface area contributed by atoms with Crippen molar-refractivity contribution in [3.8, 4) is 11.5 Å². The minimum atomic E-state index is -0.133. The van der Waals surface area contributed by atoms with Gasteiger partial charge in [-0.3, -0.25) is 9.69 Å². The van der Waals surface area contributed by atoms with Crippen LogP contribution in [-0.2, 0) is 11.4 Å². The first-order valence-electron chi connectivity index (χ1n) is 9.95. The van der Waals surface area contributed by atoms with Crippen LogP contribution in [0.25, 0.3) is 6.08 Å². The highest BCUT2D eigenvalue weighted by Crippen LogP contribution is 2.39. The summed E-state index contributed by atoms with van der Waals surface area (Å²) < 4.78 is 13.0. The second-order valence-corrected chi connectivity index (χ2v) is 10.6. The standard InChI is InChI=1S/C25H19ClINO3S2/c1-15-3-9-19(10-4-15)28-24(29)22(33-25(28)32)13-17-11-20(27)23(21(12-17)30-2)31-14-16-5-7-18(26)8-6-16/h3-13H,14H2,1-2H3/b22-13-. The third-order valence-electron chi connectivity index (χ3n) is 4.93. The largest absolute Gasteiger partial charge is 0.493 e. The molecule has 1 amide bonds. The molecule has 0 bridgehead atoms. The Bertz CT molecular complexity index is 1240. The number of methoxy groups -OCH3 is 1. The van der Waals surface area contributed by atoms with E-state index in [-0.39, 0.29) is 5.91 Å². The van der Waals surface area contributed by atoms with Crippen LogP contribution < -0.4 is 14.4 Å². The smallest absolute Gasteiger partial charge is 0.270 e. The van der Waals surface area contributed by atoms with Crippen molar-refractivity contribution in [3.05, 3.63) is 90.9 Å². The molecular formula is C25H19ClINO3S2. The molecule has 0 aliphatic carbocycles. The predicted octanol–water partition coefficient (Wildman–Crippen LogP) is 7.25. The maximum atomic E-state index is 13.1. The van der Waals surface area contributed by atoms with E-state index in [4.69, 9.17) is 33.3 Å². The van der Waals surface area contributed by atoms with Crippen LogP contribution >= 0.6 is 58.2 Å². The number of thioether (sulfide) groups is 1. The summed E-state index contributed by atoms with van der Waals surface area (Å²) in [6.07, 6.45) is 1.83. The van der Waals surface area contributed by atoms with E-state index in [1.807, 2.05) is 73.7 Å². The number of aryl methyl sites for hydroxylation is 1. The Morgan fingerprint density at radius 3 is 2.48 bits per heavy atom. The number of anilines is 1. The highest BCUT2D eigenvalue weighted by Gasteiger charge is 2.33. The molecule has 1 saturated heterocycles. The number of hydrogen-bond donors (Lipinski definition) is 0. The summed E-state index contributed by atoms with van der Waals surface area (Å²) in [5, 5.41) is 0.683. The van der Waals surface area contributed by atoms with Crippen LogP contribution in [0.15, 0.2) is 65.6 Å². The summed E-state index contributed by atoms with van der Waals surface area (Å²) >= 11 is 14.9. The molecule has 4 nitrogen and oxygen atoms in total. The van der Waals surface area contributed by atoms with Gasteiger partial charge in [0.2, 0.25) is 0 Å². The van der Waals surface area contributed by atoms with Crippen LogP contribution in [0.4, 0.5) is 5.69 Å². The molecular weight excluding hydrogens is 589 g/mol. The first kappa shape index (κ1) is 24.1. The van der Waals surface area contributed by atoms with Crippen LogP contribution in [0, 0.1) is 10.5 Å². The average Bonchev–Trinajstić information content (AvgIpc) is 3.07. The molecule has 33 heavy (non-hydrogen) atoms. The fourth-order valence-corrected chi connectivity index (χ4v) is 5.44. The molecule has 1 aliphatic rings. The Balaban J connectivity index is 1.57. The minimum Gasteiger partial charge on any atom is -0.493 e. The van der Waals surface area contributed by atoms with Crippen LogP contribution in [-0.4, -0.2) is 17.3 Å². The minimum absolute atomic E-state index is 0.133. The molecule has 0 unspecified atom stereocenters. The average molecular weight is 608 g/mol. The van der Waals surface area contributed by atoms with E-state index in [2.05, 4.69) is 22.6 Å². The van der Waals surface area contributed by atoms with E-state index in [0.29, 0.717) is 32.4 Å². The number of thiocarbonyl (C=S) groups is 1. The van der Waals surface area contributed by atoms with Gasteiger partial charge >= 0.3 is 0 Å². The zero-order valence-electron chi connectivity index (χ0n) is 17.8. The summed E-state index contributed by atoms with van der Waals surface area (Å²) in [5.41, 5.74) is 3.73. The topological polar surface area (TPSA) is 38.8 Å². The number of carbonyl (C=O) groups excluding carboxylic acids is 1. The van der Waals surface area contributed by atoms with Gasteiger partial charge in [-0.1, -0.05) is 65.4 Å². The van der Waals surface area contributed by atoms with Crippen LogP contribution in [0.3, 0.4) is 0 Å². The van der Waals surface area contributed by atoms with Crippen LogP contribution in [0.1, 0.15) is 16.7 Å². The number of ether oxygens (including phenoxy) is 2. The van der Waals surface area contributed by atoms with Crippen LogP contribution in [0.5, 0.6) is 11.5 Å². The summed E-state index contributed by atoms with van der Waals surface area (Å²) in [7, 11) is 1.60. The van der Waals surface area contributed by atoms with E-state index < -0.39 is 0 Å². The molecule has 168 valence electrons. The van der Waals surface area contributed by atoms with E-state index in [1.54, 1.807) is 12.0 Å². The van der Waals surface area contributed by atoms with Crippen molar-refractivity contribution >= 4 is 80.2 Å². The van der Waals surface area contributed by atoms with Crippen molar-refractivity contribution in [1.82, 2.24) is 0 Å². The molecule has 1 aliphatic heterocycles. The lowest BCUT2D eigenvalue weighted by Crippen LogP contribution is -2.27. The summed E-state index contributed by atoms with van der Waals surface area (Å²) in [5.74, 6) is 1.11. The molecule has 0 spiro atoms. The Hall–Kier alpha value is -2.07. The molecule has 3 aromatic carbocycles. The number of halogens is 2. The normalized spacial score (nSPS) is 14.8. The molecule has 3 aromatic rings. The van der Waals surface area contributed by atoms with Crippen molar-refractivity contribution in [2.45, 2.75) is 13.5 Å². The fourth-order valence-electron chi connectivity index (χ4n) is 3.23. The number of benzene rings is 3. The number of carbonyl (C=O) groups is 1. The predicted molar refractivity (Wildman–Crippen MR) is 148 cm³/mol. The van der Waals surface area contributed by atoms with Gasteiger partial charge < -0.3 is 9.47 Å². The second kappa shape index (κ2) is 10.5. The Labute approximate surface area is 221 Å². The zero-order chi connectivity index (χ0) is 23.5. The van der Waals surface area contributed by atoms with Crippen molar-refractivity contribution in [3.63, 3.8) is 0 Å². The van der Waals surface area contributed by atoms with E-state index in [9.17, 15) is 4.79 Å². The summed E-state index contributed by atoms with van der Waals surface area (Å²) in [4.78, 5) is 15.2. The molecule has 1 heterocycles. The molecule has 0 saturated carbocycles. The van der Waals surface area contributed by atoms with Gasteiger partial charge in [0, 0.05) is 5.02 Å². The van der Waals surface area contributed by atoms with Crippen molar-refractivity contribution in [1.29, 1.82) is 0 Å². The Kier molecular flexibility index (Phi) is 7.63. The number of rotatable bonds is 6. The van der Waals surface area contributed by atoms with Gasteiger partial charge in [-0.2, -0.15) is 0 Å². The van der Waals surface area contributed by atoms with E-state index in [0.717, 1.165) is 25.9 Å². The molecule has 1 fully saturated rings. The molecule has 0 aromatic heterocycles. The Morgan fingerprint density at radius 2 is 1.82 bits per heavy atom. The SMILES string of the molecule is COc1cc(/C=C2\SC(=S)N(c3ccc(C)cc3)C2=O)cc(I)c1OCc1ccc(Cl)cc1.